The molecule has 5 nitrogen and oxygen atoms in total. The second-order valence-corrected chi connectivity index (χ2v) is 5.49. The Kier molecular flexibility index (Phi) is 4.97. The van der Waals surface area contributed by atoms with Gasteiger partial charge in [-0.15, -0.1) is 0 Å². The molecule has 0 radical (unpaired) electrons. The van der Waals surface area contributed by atoms with E-state index in [1.54, 1.807) is 0 Å². The van der Waals surface area contributed by atoms with Gasteiger partial charge < -0.3 is 9.64 Å². The van der Waals surface area contributed by atoms with Gasteiger partial charge in [0.25, 0.3) is 0 Å². The maximum atomic E-state index is 12.1. The Morgan fingerprint density at radius 2 is 2.06 bits per heavy atom. The first-order valence-electron chi connectivity index (χ1n) is 7.01. The van der Waals surface area contributed by atoms with Crippen LogP contribution >= 0.6 is 0 Å². The molecule has 0 aromatic rings. The van der Waals surface area contributed by atoms with Crippen molar-refractivity contribution in [3.05, 3.63) is 0 Å². The number of ether oxygens (including phenoxy) is 1. The number of rotatable bonds is 5. The second-order valence-electron chi connectivity index (χ2n) is 5.49. The van der Waals surface area contributed by atoms with E-state index in [2.05, 4.69) is 24.1 Å². The Balaban J connectivity index is 1.66. The molecule has 104 valence electrons. The summed E-state index contributed by atoms with van der Waals surface area (Å²) in [5, 5.41) is 3.29. The van der Waals surface area contributed by atoms with E-state index in [9.17, 15) is 4.79 Å². The molecule has 5 heteroatoms. The Labute approximate surface area is 109 Å². The van der Waals surface area contributed by atoms with Crippen LogP contribution < -0.4 is 5.32 Å². The summed E-state index contributed by atoms with van der Waals surface area (Å²) in [5.74, 6) is 0.647. The number of nitrogens with one attached hydrogen (secondary N) is 1. The lowest BCUT2D eigenvalue weighted by molar-refractivity contribution is -0.129. The molecule has 2 rings (SSSR count). The van der Waals surface area contributed by atoms with Crippen LogP contribution in [-0.4, -0.2) is 67.8 Å². The van der Waals surface area contributed by atoms with Gasteiger partial charge in [0.15, 0.2) is 0 Å². The van der Waals surface area contributed by atoms with E-state index in [0.717, 1.165) is 45.8 Å². The van der Waals surface area contributed by atoms with Crippen molar-refractivity contribution in [1.29, 1.82) is 0 Å². The first-order chi connectivity index (χ1) is 8.68. The average Bonchev–Trinajstić information content (AvgIpc) is 2.73. The molecule has 18 heavy (non-hydrogen) atoms. The summed E-state index contributed by atoms with van der Waals surface area (Å²) < 4.78 is 5.32. The van der Waals surface area contributed by atoms with E-state index in [1.807, 2.05) is 4.90 Å². The molecule has 2 heterocycles. The van der Waals surface area contributed by atoms with Gasteiger partial charge in [0.05, 0.1) is 25.9 Å². The molecule has 0 spiro atoms. The Bertz CT molecular complexity index is 277. The Hall–Kier alpha value is -0.650. The van der Waals surface area contributed by atoms with Crippen LogP contribution in [-0.2, 0) is 9.53 Å². The predicted octanol–water partition coefficient (Wildman–Crippen LogP) is 0.123. The van der Waals surface area contributed by atoms with Crippen molar-refractivity contribution in [1.82, 2.24) is 15.1 Å². The highest BCUT2D eigenvalue weighted by molar-refractivity contribution is 5.83. The Morgan fingerprint density at radius 3 is 2.67 bits per heavy atom. The fraction of sp³-hybridized carbons (Fsp3) is 0.923. The molecule has 0 aromatic heterocycles. The number of morpholine rings is 1. The number of amides is 1. The van der Waals surface area contributed by atoms with Crippen molar-refractivity contribution in [2.24, 2.45) is 5.92 Å². The van der Waals surface area contributed by atoms with E-state index in [-0.39, 0.29) is 11.9 Å². The summed E-state index contributed by atoms with van der Waals surface area (Å²) in [5.41, 5.74) is 0. The third-order valence-corrected chi connectivity index (χ3v) is 3.75. The summed E-state index contributed by atoms with van der Waals surface area (Å²) in [6.45, 7) is 10.6. The fourth-order valence-electron chi connectivity index (χ4n) is 2.59. The van der Waals surface area contributed by atoms with Gasteiger partial charge in [0.2, 0.25) is 5.91 Å². The first kappa shape index (κ1) is 13.8. The largest absolute Gasteiger partial charge is 0.379 e. The zero-order valence-electron chi connectivity index (χ0n) is 11.5. The van der Waals surface area contributed by atoms with Crippen molar-refractivity contribution in [2.45, 2.75) is 26.3 Å². The van der Waals surface area contributed by atoms with E-state index in [4.69, 9.17) is 4.74 Å². The van der Waals surface area contributed by atoms with Crippen molar-refractivity contribution in [2.75, 3.05) is 46.1 Å². The molecule has 1 atom stereocenters. The summed E-state index contributed by atoms with van der Waals surface area (Å²) in [7, 11) is 0. The number of hydrogen-bond acceptors (Lipinski definition) is 4. The number of hydrogen-bond donors (Lipinski definition) is 1. The lowest BCUT2D eigenvalue weighted by atomic mass is 10.1. The maximum Gasteiger partial charge on any atom is 0.241 e. The van der Waals surface area contributed by atoms with Crippen LogP contribution in [0.2, 0.25) is 0 Å². The number of carbonyl (C=O) groups excluding carboxylic acids is 1. The van der Waals surface area contributed by atoms with Gasteiger partial charge in [-0.25, -0.2) is 0 Å². The average molecular weight is 255 g/mol. The van der Waals surface area contributed by atoms with Crippen LogP contribution in [0.4, 0.5) is 0 Å². The third-order valence-electron chi connectivity index (χ3n) is 3.75. The normalized spacial score (nSPS) is 26.3. The summed E-state index contributed by atoms with van der Waals surface area (Å²) in [6, 6.07) is 0.0217. The fourth-order valence-corrected chi connectivity index (χ4v) is 2.59. The molecule has 0 saturated carbocycles. The van der Waals surface area contributed by atoms with Gasteiger partial charge in [0, 0.05) is 26.2 Å². The minimum atomic E-state index is 0.0217. The number of carbonyl (C=O) groups is 1. The van der Waals surface area contributed by atoms with Crippen molar-refractivity contribution >= 4 is 5.91 Å². The molecule has 2 fully saturated rings. The minimum Gasteiger partial charge on any atom is -0.379 e. The zero-order chi connectivity index (χ0) is 13.0. The van der Waals surface area contributed by atoms with Gasteiger partial charge in [-0.1, -0.05) is 13.8 Å². The third kappa shape index (κ3) is 3.43. The van der Waals surface area contributed by atoms with Gasteiger partial charge in [0.1, 0.15) is 0 Å². The van der Waals surface area contributed by atoms with E-state index in [0.29, 0.717) is 12.6 Å². The van der Waals surface area contributed by atoms with Crippen LogP contribution in [0.25, 0.3) is 0 Å². The molecular formula is C13H25N3O2. The van der Waals surface area contributed by atoms with Gasteiger partial charge in [-0.05, 0) is 12.3 Å². The molecule has 2 aliphatic rings. The molecular weight excluding hydrogens is 230 g/mol. The van der Waals surface area contributed by atoms with Crippen LogP contribution in [0, 0.1) is 5.92 Å². The maximum absolute atomic E-state index is 12.1. The zero-order valence-corrected chi connectivity index (χ0v) is 11.5. The van der Waals surface area contributed by atoms with Crippen molar-refractivity contribution in [3.63, 3.8) is 0 Å². The molecule has 0 bridgehead atoms. The lowest BCUT2D eigenvalue weighted by Gasteiger charge is -2.27. The molecule has 1 N–H and O–H groups in total. The lowest BCUT2D eigenvalue weighted by Crippen LogP contribution is -2.39. The van der Waals surface area contributed by atoms with Gasteiger partial charge in [-0.2, -0.15) is 0 Å². The van der Waals surface area contributed by atoms with Crippen molar-refractivity contribution in [3.8, 4) is 0 Å². The topological polar surface area (TPSA) is 44.8 Å². The molecule has 2 saturated heterocycles. The van der Waals surface area contributed by atoms with E-state index in [1.165, 1.54) is 0 Å². The first-order valence-corrected chi connectivity index (χ1v) is 7.01. The molecule has 2 aliphatic heterocycles. The molecule has 1 unspecified atom stereocenters. The molecule has 0 aromatic carbocycles. The highest BCUT2D eigenvalue weighted by Crippen LogP contribution is 2.12. The summed E-state index contributed by atoms with van der Waals surface area (Å²) in [4.78, 5) is 16.4. The smallest absolute Gasteiger partial charge is 0.241 e. The van der Waals surface area contributed by atoms with Crippen molar-refractivity contribution < 1.29 is 9.53 Å². The quantitative estimate of drug-likeness (QED) is 0.758. The second kappa shape index (κ2) is 6.50. The SMILES string of the molecule is CC(C)C1NCN(CCCN2CCOCC2)C1=O. The number of nitrogens with zero attached hydrogens (tertiary/aromatic N) is 2. The summed E-state index contributed by atoms with van der Waals surface area (Å²) in [6.07, 6.45) is 1.05. The minimum absolute atomic E-state index is 0.0217. The van der Waals surface area contributed by atoms with E-state index < -0.39 is 0 Å². The van der Waals surface area contributed by atoms with Crippen LogP contribution in [0.5, 0.6) is 0 Å². The monoisotopic (exact) mass is 255 g/mol. The molecule has 1 amide bonds. The predicted molar refractivity (Wildman–Crippen MR) is 70.2 cm³/mol. The summed E-state index contributed by atoms with van der Waals surface area (Å²) >= 11 is 0. The molecule has 0 aliphatic carbocycles. The van der Waals surface area contributed by atoms with Crippen LogP contribution in [0.1, 0.15) is 20.3 Å². The van der Waals surface area contributed by atoms with E-state index >= 15 is 0 Å². The highest BCUT2D eigenvalue weighted by Gasteiger charge is 2.32. The van der Waals surface area contributed by atoms with Crippen LogP contribution in [0.15, 0.2) is 0 Å². The standard InChI is InChI=1S/C13H25N3O2/c1-11(2)12-13(17)16(10-14-12)5-3-4-15-6-8-18-9-7-15/h11-12,14H,3-10H2,1-2H3. The Morgan fingerprint density at radius 1 is 1.33 bits per heavy atom. The van der Waals surface area contributed by atoms with Crippen LogP contribution in [0.3, 0.4) is 0 Å². The highest BCUT2D eigenvalue weighted by atomic mass is 16.5. The van der Waals surface area contributed by atoms with Gasteiger partial charge >= 0.3 is 0 Å². The van der Waals surface area contributed by atoms with Gasteiger partial charge in [-0.3, -0.25) is 15.0 Å².